The number of aliphatic hydroxyl groups is 1. The van der Waals surface area contributed by atoms with Gasteiger partial charge in [0, 0.05) is 19.2 Å². The summed E-state index contributed by atoms with van der Waals surface area (Å²) in [6.45, 7) is 4.22. The molecule has 1 heterocycles. The van der Waals surface area contributed by atoms with Crippen molar-refractivity contribution in [2.45, 2.75) is 57.5 Å². The molecule has 104 valence electrons. The predicted molar refractivity (Wildman–Crippen MR) is 71.2 cm³/mol. The molecular weight excluding hydrogens is 228 g/mol. The Morgan fingerprint density at radius 1 is 1.39 bits per heavy atom. The summed E-state index contributed by atoms with van der Waals surface area (Å²) in [7, 11) is 0. The minimum Gasteiger partial charge on any atom is -0.396 e. The van der Waals surface area contributed by atoms with Crippen LogP contribution in [0.5, 0.6) is 0 Å². The zero-order valence-electron chi connectivity index (χ0n) is 11.4. The van der Waals surface area contributed by atoms with Gasteiger partial charge in [-0.1, -0.05) is 12.8 Å². The number of hydrogen-bond donors (Lipinski definition) is 2. The van der Waals surface area contributed by atoms with E-state index in [-0.39, 0.29) is 18.6 Å². The standard InChI is InChI=1S/C14H26N2O2/c1-11(14(18)15-13-4-2-3-5-13)16-8-6-12(10-16)7-9-17/h11-13,17H,2-10H2,1H3,(H,15,18). The molecule has 0 aromatic rings. The van der Waals surface area contributed by atoms with Crippen molar-refractivity contribution < 1.29 is 9.90 Å². The molecule has 2 atom stereocenters. The van der Waals surface area contributed by atoms with E-state index < -0.39 is 0 Å². The lowest BCUT2D eigenvalue weighted by atomic mass is 10.1. The third-order valence-electron chi connectivity index (χ3n) is 4.48. The Balaban J connectivity index is 1.76. The summed E-state index contributed by atoms with van der Waals surface area (Å²) >= 11 is 0. The highest BCUT2D eigenvalue weighted by Gasteiger charge is 2.30. The van der Waals surface area contributed by atoms with E-state index in [2.05, 4.69) is 10.2 Å². The van der Waals surface area contributed by atoms with Crippen LogP contribution in [-0.4, -0.2) is 47.7 Å². The molecule has 2 unspecified atom stereocenters. The van der Waals surface area contributed by atoms with Gasteiger partial charge in [-0.25, -0.2) is 0 Å². The fourth-order valence-electron chi connectivity index (χ4n) is 3.19. The number of carbonyl (C=O) groups excluding carboxylic acids is 1. The fraction of sp³-hybridized carbons (Fsp3) is 0.929. The maximum Gasteiger partial charge on any atom is 0.237 e. The molecule has 18 heavy (non-hydrogen) atoms. The van der Waals surface area contributed by atoms with Crippen LogP contribution >= 0.6 is 0 Å². The number of aliphatic hydroxyl groups excluding tert-OH is 1. The van der Waals surface area contributed by atoms with E-state index in [0.717, 1.165) is 38.8 Å². The maximum atomic E-state index is 12.1. The average Bonchev–Trinajstić information content (AvgIpc) is 3.00. The molecule has 4 nitrogen and oxygen atoms in total. The van der Waals surface area contributed by atoms with E-state index in [0.29, 0.717) is 12.0 Å². The van der Waals surface area contributed by atoms with Gasteiger partial charge in [0.05, 0.1) is 6.04 Å². The molecule has 2 aliphatic rings. The maximum absolute atomic E-state index is 12.1. The lowest BCUT2D eigenvalue weighted by molar-refractivity contribution is -0.126. The number of hydrogen-bond acceptors (Lipinski definition) is 3. The summed E-state index contributed by atoms with van der Waals surface area (Å²) in [5.74, 6) is 0.753. The molecule has 1 amide bonds. The minimum absolute atomic E-state index is 0.0192. The second-order valence-electron chi connectivity index (χ2n) is 5.83. The smallest absolute Gasteiger partial charge is 0.237 e. The summed E-state index contributed by atoms with van der Waals surface area (Å²) < 4.78 is 0. The van der Waals surface area contributed by atoms with Crippen molar-refractivity contribution in [1.82, 2.24) is 10.2 Å². The molecule has 2 N–H and O–H groups in total. The van der Waals surface area contributed by atoms with E-state index in [1.807, 2.05) is 6.92 Å². The summed E-state index contributed by atoms with van der Waals surface area (Å²) in [5.41, 5.74) is 0. The molecule has 0 radical (unpaired) electrons. The normalized spacial score (nSPS) is 27.6. The van der Waals surface area contributed by atoms with E-state index >= 15 is 0 Å². The van der Waals surface area contributed by atoms with Gasteiger partial charge in [0.2, 0.25) is 5.91 Å². The Hall–Kier alpha value is -0.610. The van der Waals surface area contributed by atoms with Crippen LogP contribution in [-0.2, 0) is 4.79 Å². The van der Waals surface area contributed by atoms with Gasteiger partial charge in [0.15, 0.2) is 0 Å². The third-order valence-corrected chi connectivity index (χ3v) is 4.48. The number of rotatable bonds is 5. The number of nitrogens with zero attached hydrogens (tertiary/aromatic N) is 1. The predicted octanol–water partition coefficient (Wildman–Crippen LogP) is 1.14. The van der Waals surface area contributed by atoms with Gasteiger partial charge >= 0.3 is 0 Å². The molecule has 1 aliphatic heterocycles. The molecule has 4 heteroatoms. The SMILES string of the molecule is CC(C(=O)NC1CCCC1)N1CCC(CCO)C1. The highest BCUT2D eigenvalue weighted by atomic mass is 16.3. The fourth-order valence-corrected chi connectivity index (χ4v) is 3.19. The molecule has 1 saturated carbocycles. The van der Waals surface area contributed by atoms with Crippen LogP contribution in [0.15, 0.2) is 0 Å². The van der Waals surface area contributed by atoms with Crippen molar-refractivity contribution in [2.24, 2.45) is 5.92 Å². The van der Waals surface area contributed by atoms with Crippen LogP contribution in [0, 0.1) is 5.92 Å². The molecule has 0 spiro atoms. The average molecular weight is 254 g/mol. The first-order valence-corrected chi connectivity index (χ1v) is 7.36. The Labute approximate surface area is 110 Å². The van der Waals surface area contributed by atoms with Crippen LogP contribution < -0.4 is 5.32 Å². The monoisotopic (exact) mass is 254 g/mol. The highest BCUT2D eigenvalue weighted by Crippen LogP contribution is 2.22. The van der Waals surface area contributed by atoms with Crippen molar-refractivity contribution in [3.8, 4) is 0 Å². The minimum atomic E-state index is -0.0192. The van der Waals surface area contributed by atoms with Gasteiger partial charge in [0.1, 0.15) is 0 Å². The van der Waals surface area contributed by atoms with Gasteiger partial charge in [0.25, 0.3) is 0 Å². The summed E-state index contributed by atoms with van der Waals surface area (Å²) in [4.78, 5) is 14.4. The van der Waals surface area contributed by atoms with Gasteiger partial charge in [-0.05, 0) is 45.1 Å². The van der Waals surface area contributed by atoms with E-state index in [9.17, 15) is 4.79 Å². The van der Waals surface area contributed by atoms with Crippen molar-refractivity contribution in [3.63, 3.8) is 0 Å². The van der Waals surface area contributed by atoms with Crippen LogP contribution in [0.4, 0.5) is 0 Å². The summed E-state index contributed by atoms with van der Waals surface area (Å²) in [6, 6.07) is 0.394. The second kappa shape index (κ2) is 6.53. The number of amides is 1. The zero-order valence-corrected chi connectivity index (χ0v) is 11.4. The van der Waals surface area contributed by atoms with Crippen molar-refractivity contribution in [3.05, 3.63) is 0 Å². The zero-order chi connectivity index (χ0) is 13.0. The molecule has 0 aromatic heterocycles. The Bertz CT molecular complexity index is 277. The van der Waals surface area contributed by atoms with Crippen molar-refractivity contribution in [1.29, 1.82) is 0 Å². The van der Waals surface area contributed by atoms with E-state index in [1.54, 1.807) is 0 Å². The van der Waals surface area contributed by atoms with E-state index in [1.165, 1.54) is 12.8 Å². The Morgan fingerprint density at radius 3 is 2.78 bits per heavy atom. The molecule has 0 bridgehead atoms. The molecule has 1 saturated heterocycles. The Morgan fingerprint density at radius 2 is 2.11 bits per heavy atom. The molecule has 1 aliphatic carbocycles. The van der Waals surface area contributed by atoms with Gasteiger partial charge in [-0.2, -0.15) is 0 Å². The number of carbonyl (C=O) groups is 1. The van der Waals surface area contributed by atoms with E-state index in [4.69, 9.17) is 5.11 Å². The Kier molecular flexibility index (Phi) is 5.01. The third kappa shape index (κ3) is 3.45. The van der Waals surface area contributed by atoms with Crippen LogP contribution in [0.25, 0.3) is 0 Å². The van der Waals surface area contributed by atoms with Crippen LogP contribution in [0.3, 0.4) is 0 Å². The molecule has 0 aromatic carbocycles. The molecule has 2 fully saturated rings. The van der Waals surface area contributed by atoms with Gasteiger partial charge in [-0.15, -0.1) is 0 Å². The van der Waals surface area contributed by atoms with Crippen molar-refractivity contribution >= 4 is 5.91 Å². The van der Waals surface area contributed by atoms with Crippen LogP contribution in [0.2, 0.25) is 0 Å². The highest BCUT2D eigenvalue weighted by molar-refractivity contribution is 5.81. The first-order chi connectivity index (χ1) is 8.70. The van der Waals surface area contributed by atoms with Crippen molar-refractivity contribution in [2.75, 3.05) is 19.7 Å². The topological polar surface area (TPSA) is 52.6 Å². The van der Waals surface area contributed by atoms with Gasteiger partial charge < -0.3 is 10.4 Å². The summed E-state index contributed by atoms with van der Waals surface area (Å²) in [5, 5.41) is 12.1. The summed E-state index contributed by atoms with van der Waals surface area (Å²) in [6.07, 6.45) is 6.77. The second-order valence-corrected chi connectivity index (χ2v) is 5.83. The van der Waals surface area contributed by atoms with Crippen LogP contribution in [0.1, 0.15) is 45.4 Å². The number of nitrogens with one attached hydrogen (secondary N) is 1. The molecule has 2 rings (SSSR count). The lowest BCUT2D eigenvalue weighted by Crippen LogP contribution is -2.46. The quantitative estimate of drug-likeness (QED) is 0.773. The lowest BCUT2D eigenvalue weighted by Gasteiger charge is -2.25. The first-order valence-electron chi connectivity index (χ1n) is 7.36. The number of likely N-dealkylation sites (tertiary alicyclic amines) is 1. The van der Waals surface area contributed by atoms with Gasteiger partial charge in [-0.3, -0.25) is 9.69 Å². The largest absolute Gasteiger partial charge is 0.396 e. The molecular formula is C14H26N2O2. The first kappa shape index (κ1) is 13.8.